The van der Waals surface area contributed by atoms with Gasteiger partial charge in [-0.1, -0.05) is 181 Å². The van der Waals surface area contributed by atoms with Gasteiger partial charge in [0.05, 0.1) is 5.92 Å². The summed E-state index contributed by atoms with van der Waals surface area (Å²) in [6, 6.07) is 10.4. The Kier molecular flexibility index (Phi) is 30.5. The van der Waals surface area contributed by atoms with Crippen molar-refractivity contribution in [1.29, 1.82) is 0 Å². The van der Waals surface area contributed by atoms with Crippen molar-refractivity contribution in [3.05, 3.63) is 35.9 Å². The van der Waals surface area contributed by atoms with E-state index in [1.807, 2.05) is 19.9 Å². The number of piperidine rings is 2. The molecule has 290 valence electrons. The van der Waals surface area contributed by atoms with Crippen molar-refractivity contribution in [1.82, 2.24) is 9.80 Å². The molecule has 2 saturated heterocycles. The van der Waals surface area contributed by atoms with E-state index in [0.29, 0.717) is 17.7 Å². The number of carbonyl (C=O) groups excluding carboxylic acids is 2. The first-order valence-corrected chi connectivity index (χ1v) is 22.2. The maximum Gasteiger partial charge on any atom is 0.230 e. The van der Waals surface area contributed by atoms with E-state index in [9.17, 15) is 9.59 Å². The number of likely N-dealkylation sites (tertiary alicyclic amines) is 2. The van der Waals surface area contributed by atoms with Gasteiger partial charge in [-0.15, -0.1) is 0 Å². The predicted molar refractivity (Wildman–Crippen MR) is 219 cm³/mol. The summed E-state index contributed by atoms with van der Waals surface area (Å²) in [4.78, 5) is 30.2. The average Bonchev–Trinajstić information content (AvgIpc) is 3.18. The lowest BCUT2D eigenvalue weighted by molar-refractivity contribution is -0.137. The van der Waals surface area contributed by atoms with Crippen LogP contribution in [0.5, 0.6) is 0 Å². The fraction of sp³-hybridized carbons (Fsp3) is 0.826. The number of amides is 2. The number of hydrogen-bond donors (Lipinski definition) is 0. The average molecular weight is 697 g/mol. The Labute approximate surface area is 312 Å². The third-order valence-corrected chi connectivity index (χ3v) is 10.8. The molecule has 4 nitrogen and oxygen atoms in total. The van der Waals surface area contributed by atoms with Gasteiger partial charge in [0.15, 0.2) is 0 Å². The minimum Gasteiger partial charge on any atom is -0.342 e. The van der Waals surface area contributed by atoms with Gasteiger partial charge in [0, 0.05) is 32.1 Å². The smallest absolute Gasteiger partial charge is 0.230 e. The number of unbranched alkanes of at least 4 members (excludes halogenated alkanes) is 15. The molecule has 0 aliphatic carbocycles. The lowest BCUT2D eigenvalue weighted by Gasteiger charge is -2.30. The molecule has 0 spiro atoms. The van der Waals surface area contributed by atoms with Gasteiger partial charge in [-0.05, 0) is 63.4 Å². The van der Waals surface area contributed by atoms with Gasteiger partial charge in [0.25, 0.3) is 0 Å². The van der Waals surface area contributed by atoms with Crippen LogP contribution in [0.3, 0.4) is 0 Å². The molecule has 1 aromatic rings. The van der Waals surface area contributed by atoms with E-state index in [0.717, 1.165) is 51.9 Å². The second-order valence-corrected chi connectivity index (χ2v) is 15.1. The van der Waals surface area contributed by atoms with Crippen LogP contribution in [0.4, 0.5) is 0 Å². The van der Waals surface area contributed by atoms with E-state index in [1.54, 1.807) is 0 Å². The molecule has 2 aliphatic heterocycles. The molecule has 0 N–H and O–H groups in total. The molecule has 0 saturated carbocycles. The molecule has 0 aromatic heterocycles. The molecule has 2 heterocycles. The predicted octanol–water partition coefficient (Wildman–Crippen LogP) is 13.7. The van der Waals surface area contributed by atoms with Gasteiger partial charge in [-0.3, -0.25) is 9.59 Å². The van der Waals surface area contributed by atoms with Gasteiger partial charge < -0.3 is 9.80 Å². The third kappa shape index (κ3) is 21.5. The highest BCUT2D eigenvalue weighted by Crippen LogP contribution is 2.27. The Hall–Kier alpha value is -1.84. The minimum atomic E-state index is 0.0705. The zero-order chi connectivity index (χ0) is 36.5. The highest BCUT2D eigenvalue weighted by molar-refractivity contribution is 5.83. The first kappa shape index (κ1) is 46.2. The topological polar surface area (TPSA) is 40.6 Å². The van der Waals surface area contributed by atoms with Crippen molar-refractivity contribution < 1.29 is 9.59 Å². The second-order valence-electron chi connectivity index (χ2n) is 15.1. The Morgan fingerprint density at radius 3 is 1.28 bits per heavy atom. The normalized spacial score (nSPS) is 15.7. The van der Waals surface area contributed by atoms with Crippen LogP contribution in [-0.4, -0.2) is 47.8 Å². The molecule has 2 amide bonds. The van der Waals surface area contributed by atoms with Crippen LogP contribution in [-0.2, 0) is 9.59 Å². The van der Waals surface area contributed by atoms with E-state index >= 15 is 0 Å². The highest BCUT2D eigenvalue weighted by Gasteiger charge is 2.27. The van der Waals surface area contributed by atoms with E-state index in [4.69, 9.17) is 0 Å². The molecule has 3 rings (SSSR count). The van der Waals surface area contributed by atoms with E-state index in [-0.39, 0.29) is 5.92 Å². The van der Waals surface area contributed by atoms with E-state index in [1.165, 1.54) is 153 Å². The first-order valence-electron chi connectivity index (χ1n) is 22.2. The Balaban J connectivity index is 0.000000488. The van der Waals surface area contributed by atoms with Crippen molar-refractivity contribution in [2.24, 2.45) is 5.92 Å². The first-order chi connectivity index (χ1) is 24.6. The molecular formula is C46H84N2O2. The number of rotatable bonds is 24. The van der Waals surface area contributed by atoms with Gasteiger partial charge in [0.2, 0.25) is 11.8 Å². The van der Waals surface area contributed by atoms with Crippen LogP contribution in [0.15, 0.2) is 30.3 Å². The zero-order valence-electron chi connectivity index (χ0n) is 34.2. The van der Waals surface area contributed by atoms with Crippen LogP contribution in [0.25, 0.3) is 0 Å². The van der Waals surface area contributed by atoms with Gasteiger partial charge in [-0.2, -0.15) is 0 Å². The summed E-state index contributed by atoms with van der Waals surface area (Å²) in [5.74, 6) is 1.24. The van der Waals surface area contributed by atoms with Crippen molar-refractivity contribution in [2.45, 2.75) is 214 Å². The van der Waals surface area contributed by atoms with Crippen LogP contribution < -0.4 is 0 Å². The number of carbonyl (C=O) groups is 2. The summed E-state index contributed by atoms with van der Waals surface area (Å²) in [5, 5.41) is 0. The van der Waals surface area contributed by atoms with Gasteiger partial charge >= 0.3 is 0 Å². The van der Waals surface area contributed by atoms with Crippen LogP contribution in [0, 0.1) is 5.92 Å². The summed E-state index contributed by atoms with van der Waals surface area (Å²) in [6.45, 7) is 14.7. The standard InChI is InChI=1S/C25H49NO.C19H29NO.C2H6/c1-3-5-7-9-11-12-14-17-21-24(20-16-13-10-8-6-4-2)25(27)26-22-18-15-19-23-26;1-2-3-4-9-14-18(17-12-7-5-8-13-17)19(21)20-15-10-6-11-16-20;1-2/h24H,3-23H2,1-2H3;5,7-8,12-13,18H,2-4,6,9-11,14-16H2,1H3;1-2H3. The SMILES string of the molecule is CC.CCCCCCC(C(=O)N1CCCCC1)c1ccccc1.CCCCCCCCCCC(CCCCCCCC)C(=O)N1CCCCC1. The minimum absolute atomic E-state index is 0.0705. The van der Waals surface area contributed by atoms with Gasteiger partial charge in [0.1, 0.15) is 0 Å². The summed E-state index contributed by atoms with van der Waals surface area (Å²) >= 11 is 0. The lowest BCUT2D eigenvalue weighted by atomic mass is 9.91. The maximum atomic E-state index is 13.0. The molecule has 2 atom stereocenters. The molecule has 2 aliphatic rings. The summed E-state index contributed by atoms with van der Waals surface area (Å²) in [7, 11) is 0. The monoisotopic (exact) mass is 697 g/mol. The maximum absolute atomic E-state index is 13.0. The molecule has 2 fully saturated rings. The van der Waals surface area contributed by atoms with Crippen LogP contribution in [0.2, 0.25) is 0 Å². The largest absolute Gasteiger partial charge is 0.342 e. The molecule has 0 bridgehead atoms. The molecular weight excluding hydrogens is 613 g/mol. The molecule has 0 radical (unpaired) electrons. The van der Waals surface area contributed by atoms with Crippen molar-refractivity contribution in [3.8, 4) is 0 Å². The quantitative estimate of drug-likeness (QED) is 0.101. The molecule has 50 heavy (non-hydrogen) atoms. The molecule has 2 unspecified atom stereocenters. The van der Waals surface area contributed by atoms with Gasteiger partial charge in [-0.25, -0.2) is 0 Å². The zero-order valence-corrected chi connectivity index (χ0v) is 34.2. The third-order valence-electron chi connectivity index (χ3n) is 10.8. The van der Waals surface area contributed by atoms with Crippen molar-refractivity contribution >= 4 is 11.8 Å². The van der Waals surface area contributed by atoms with Crippen molar-refractivity contribution in [3.63, 3.8) is 0 Å². The van der Waals surface area contributed by atoms with E-state index in [2.05, 4.69) is 54.8 Å². The fourth-order valence-electron chi connectivity index (χ4n) is 7.69. The summed E-state index contributed by atoms with van der Waals surface area (Å²) in [5.41, 5.74) is 1.20. The molecule has 1 aromatic carbocycles. The summed E-state index contributed by atoms with van der Waals surface area (Å²) < 4.78 is 0. The molecule has 4 heteroatoms. The number of benzene rings is 1. The Morgan fingerprint density at radius 2 is 0.840 bits per heavy atom. The lowest BCUT2D eigenvalue weighted by Crippen LogP contribution is -2.39. The fourth-order valence-corrected chi connectivity index (χ4v) is 7.69. The summed E-state index contributed by atoms with van der Waals surface area (Å²) in [6.07, 6.45) is 34.4. The number of nitrogens with zero attached hydrogens (tertiary/aromatic N) is 2. The van der Waals surface area contributed by atoms with Crippen molar-refractivity contribution in [2.75, 3.05) is 26.2 Å². The Morgan fingerprint density at radius 1 is 0.480 bits per heavy atom. The number of hydrogen-bond acceptors (Lipinski definition) is 2. The van der Waals surface area contributed by atoms with Crippen LogP contribution >= 0.6 is 0 Å². The van der Waals surface area contributed by atoms with E-state index < -0.39 is 0 Å². The second kappa shape index (κ2) is 33.0. The van der Waals surface area contributed by atoms with Crippen LogP contribution in [0.1, 0.15) is 219 Å². The Bertz CT molecular complexity index is 891. The highest BCUT2D eigenvalue weighted by atomic mass is 16.2.